The van der Waals surface area contributed by atoms with E-state index in [4.69, 9.17) is 5.26 Å². The Labute approximate surface area is 213 Å². The minimum Gasteiger partial charge on any atom is -0.387 e. The van der Waals surface area contributed by atoms with E-state index in [-0.39, 0.29) is 18.2 Å². The number of halogens is 1. The van der Waals surface area contributed by atoms with E-state index in [0.717, 1.165) is 23.9 Å². The molecule has 37 heavy (non-hydrogen) atoms. The summed E-state index contributed by atoms with van der Waals surface area (Å²) >= 11 is 0. The van der Waals surface area contributed by atoms with E-state index < -0.39 is 17.7 Å². The maximum absolute atomic E-state index is 14.3. The zero-order chi connectivity index (χ0) is 26.2. The van der Waals surface area contributed by atoms with Crippen LogP contribution in [0.1, 0.15) is 40.9 Å². The first-order chi connectivity index (χ1) is 17.7. The third-order valence-corrected chi connectivity index (χ3v) is 6.55. The van der Waals surface area contributed by atoms with Gasteiger partial charge in [-0.1, -0.05) is 0 Å². The van der Waals surface area contributed by atoms with Crippen LogP contribution in [0.3, 0.4) is 0 Å². The van der Waals surface area contributed by atoms with E-state index in [9.17, 15) is 14.3 Å². The highest BCUT2D eigenvalue weighted by molar-refractivity contribution is 6.00. The summed E-state index contributed by atoms with van der Waals surface area (Å²) in [5.74, 6) is -0.498. The van der Waals surface area contributed by atoms with Crippen molar-refractivity contribution in [3.05, 3.63) is 77.4 Å². The van der Waals surface area contributed by atoms with E-state index in [1.165, 1.54) is 31.8 Å². The average Bonchev–Trinajstić information content (AvgIpc) is 3.49. The van der Waals surface area contributed by atoms with Crippen molar-refractivity contribution in [1.29, 1.82) is 5.26 Å². The summed E-state index contributed by atoms with van der Waals surface area (Å²) in [5.41, 5.74) is 4.06. The topological polar surface area (TPSA) is 128 Å². The second kappa shape index (κ2) is 9.59. The smallest absolute Gasteiger partial charge is 0.255 e. The van der Waals surface area contributed by atoms with E-state index in [1.807, 2.05) is 24.4 Å². The van der Waals surface area contributed by atoms with Crippen LogP contribution in [-0.2, 0) is 12.8 Å². The van der Waals surface area contributed by atoms with Crippen molar-refractivity contribution in [3.8, 4) is 17.5 Å². The van der Waals surface area contributed by atoms with Gasteiger partial charge in [0, 0.05) is 24.6 Å². The Morgan fingerprint density at radius 2 is 2.05 bits per heavy atom. The van der Waals surface area contributed by atoms with Crippen LogP contribution in [0.25, 0.3) is 16.9 Å². The number of nitriles is 1. The second-order valence-electron chi connectivity index (χ2n) is 9.75. The molecule has 0 saturated carbocycles. The molecule has 1 aliphatic carbocycles. The molecule has 2 unspecified atom stereocenters. The highest BCUT2D eigenvalue weighted by atomic mass is 19.1. The lowest BCUT2D eigenvalue weighted by molar-refractivity contribution is -0.00177. The van der Waals surface area contributed by atoms with E-state index in [0.29, 0.717) is 22.6 Å². The standard InChI is InChI=1S/C27H26FN7O2/c1-27(2,37)25(28)15-32-26(36)21-14-31-23(24-4-3-20-7-16(11-29)12-33-35(20)24)10-22(21)34-19-8-17-5-6-30-13-18(17)9-19/h3-7,10,12-14,19,25,37H,8-9,15H2,1-2H3,(H,31,34)(H,32,36). The van der Waals surface area contributed by atoms with E-state index >= 15 is 0 Å². The number of aliphatic hydroxyl groups is 1. The number of amides is 1. The van der Waals surface area contributed by atoms with Crippen molar-refractivity contribution in [3.63, 3.8) is 0 Å². The Morgan fingerprint density at radius 1 is 1.24 bits per heavy atom. The second-order valence-corrected chi connectivity index (χ2v) is 9.75. The van der Waals surface area contributed by atoms with Crippen LogP contribution in [0.4, 0.5) is 10.1 Å². The Kier molecular flexibility index (Phi) is 6.31. The van der Waals surface area contributed by atoms with Gasteiger partial charge in [0.15, 0.2) is 0 Å². The molecule has 0 aliphatic heterocycles. The number of aromatic nitrogens is 4. The molecule has 0 saturated heterocycles. The van der Waals surface area contributed by atoms with Gasteiger partial charge >= 0.3 is 0 Å². The first-order valence-electron chi connectivity index (χ1n) is 11.9. The lowest BCUT2D eigenvalue weighted by Crippen LogP contribution is -2.42. The molecule has 4 aromatic heterocycles. The van der Waals surface area contributed by atoms with Crippen LogP contribution in [0.15, 0.2) is 55.1 Å². The normalized spacial score (nSPS) is 15.7. The number of nitrogens with zero attached hydrogens (tertiary/aromatic N) is 5. The van der Waals surface area contributed by atoms with Gasteiger partial charge in [0.25, 0.3) is 5.91 Å². The molecule has 0 radical (unpaired) electrons. The van der Waals surface area contributed by atoms with Gasteiger partial charge in [-0.15, -0.1) is 0 Å². The number of hydrogen-bond acceptors (Lipinski definition) is 7. The molecule has 0 aromatic carbocycles. The monoisotopic (exact) mass is 499 g/mol. The summed E-state index contributed by atoms with van der Waals surface area (Å²) in [5, 5.41) is 29.5. The molecule has 188 valence electrons. The molecule has 10 heteroatoms. The Balaban J connectivity index is 1.47. The van der Waals surface area contributed by atoms with Crippen LogP contribution in [-0.4, -0.2) is 55.0 Å². The first kappa shape index (κ1) is 24.3. The Morgan fingerprint density at radius 3 is 2.81 bits per heavy atom. The molecule has 1 amide bonds. The number of pyridine rings is 2. The molecule has 2 atom stereocenters. The number of alkyl halides is 1. The number of fused-ring (bicyclic) bond motifs is 2. The molecule has 1 aliphatic rings. The molecular weight excluding hydrogens is 473 g/mol. The summed E-state index contributed by atoms with van der Waals surface area (Å²) in [7, 11) is 0. The van der Waals surface area contributed by atoms with Crippen LogP contribution in [0.5, 0.6) is 0 Å². The summed E-state index contributed by atoms with van der Waals surface area (Å²) in [6.07, 6.45) is 6.45. The first-order valence-corrected chi connectivity index (χ1v) is 11.9. The van der Waals surface area contributed by atoms with Gasteiger partial charge in [0.1, 0.15) is 12.2 Å². The minimum atomic E-state index is -1.63. The fourth-order valence-electron chi connectivity index (χ4n) is 4.44. The molecule has 0 bridgehead atoms. The maximum atomic E-state index is 14.3. The van der Waals surface area contributed by atoms with Crippen molar-refractivity contribution in [2.75, 3.05) is 11.9 Å². The lowest BCUT2D eigenvalue weighted by atomic mass is 10.0. The summed E-state index contributed by atoms with van der Waals surface area (Å²) in [6, 6.07) is 11.3. The molecular formula is C27H26FN7O2. The zero-order valence-electron chi connectivity index (χ0n) is 20.4. The van der Waals surface area contributed by atoms with Crippen molar-refractivity contribution >= 4 is 17.1 Å². The largest absolute Gasteiger partial charge is 0.387 e. The van der Waals surface area contributed by atoms with Crippen LogP contribution >= 0.6 is 0 Å². The van der Waals surface area contributed by atoms with Crippen molar-refractivity contribution in [1.82, 2.24) is 24.9 Å². The molecule has 4 heterocycles. The van der Waals surface area contributed by atoms with Gasteiger partial charge in [-0.3, -0.25) is 14.8 Å². The Hall–Kier alpha value is -4.36. The molecule has 0 fully saturated rings. The molecule has 5 rings (SSSR count). The van der Waals surface area contributed by atoms with Crippen molar-refractivity contribution in [2.45, 2.75) is 44.5 Å². The Bertz CT molecular complexity index is 1490. The lowest BCUT2D eigenvalue weighted by Gasteiger charge is -2.23. The van der Waals surface area contributed by atoms with Crippen LogP contribution in [0, 0.1) is 11.3 Å². The molecule has 0 spiro atoms. The van der Waals surface area contributed by atoms with Crippen LogP contribution in [0.2, 0.25) is 0 Å². The number of hydrogen-bond donors (Lipinski definition) is 3. The van der Waals surface area contributed by atoms with Crippen molar-refractivity contribution < 1.29 is 14.3 Å². The molecule has 3 N–H and O–H groups in total. The summed E-state index contributed by atoms with van der Waals surface area (Å²) in [6.45, 7) is 2.38. The maximum Gasteiger partial charge on any atom is 0.255 e. The average molecular weight is 500 g/mol. The quantitative estimate of drug-likeness (QED) is 0.356. The zero-order valence-corrected chi connectivity index (χ0v) is 20.4. The number of carbonyl (C=O) groups is 1. The van der Waals surface area contributed by atoms with Gasteiger partial charge in [-0.25, -0.2) is 8.91 Å². The number of nitrogens with one attached hydrogen (secondary N) is 2. The summed E-state index contributed by atoms with van der Waals surface area (Å²) < 4.78 is 16.0. The van der Waals surface area contributed by atoms with E-state index in [1.54, 1.807) is 22.8 Å². The van der Waals surface area contributed by atoms with Gasteiger partial charge in [-0.2, -0.15) is 10.4 Å². The number of rotatable bonds is 7. The fourth-order valence-corrected chi connectivity index (χ4v) is 4.44. The SMILES string of the molecule is CC(C)(O)C(F)CNC(=O)c1cnc(-c2ccc3cc(C#N)cnn23)cc1NC1Cc2ccncc2C1. The van der Waals surface area contributed by atoms with Gasteiger partial charge in [0.2, 0.25) is 0 Å². The number of carbonyl (C=O) groups excluding carboxylic acids is 1. The van der Waals surface area contributed by atoms with Crippen molar-refractivity contribution in [2.24, 2.45) is 0 Å². The highest BCUT2D eigenvalue weighted by Gasteiger charge is 2.28. The molecule has 4 aromatic rings. The highest BCUT2D eigenvalue weighted by Crippen LogP contribution is 2.29. The predicted octanol–water partition coefficient (Wildman–Crippen LogP) is 3.08. The number of anilines is 1. The summed E-state index contributed by atoms with van der Waals surface area (Å²) in [4.78, 5) is 21.8. The fraction of sp³-hybridized carbons (Fsp3) is 0.296. The third-order valence-electron chi connectivity index (χ3n) is 6.55. The van der Waals surface area contributed by atoms with E-state index in [2.05, 4.69) is 31.8 Å². The van der Waals surface area contributed by atoms with Gasteiger partial charge in [0.05, 0.1) is 52.1 Å². The predicted molar refractivity (Wildman–Crippen MR) is 136 cm³/mol. The third kappa shape index (κ3) is 4.99. The molecule has 9 nitrogen and oxygen atoms in total. The van der Waals surface area contributed by atoms with Crippen LogP contribution < -0.4 is 10.6 Å². The van der Waals surface area contributed by atoms with Gasteiger partial charge < -0.3 is 15.7 Å². The van der Waals surface area contributed by atoms with Gasteiger partial charge in [-0.05, 0) is 68.1 Å². The minimum absolute atomic E-state index is 0.0340.